The minimum atomic E-state index is -0.184. The Morgan fingerprint density at radius 3 is 2.27 bits per heavy atom. The molecule has 0 aromatic heterocycles. The van der Waals surface area contributed by atoms with E-state index < -0.39 is 0 Å². The minimum absolute atomic E-state index is 0.0332. The fourth-order valence-corrected chi connectivity index (χ4v) is 5.66. The Balaban J connectivity index is 1.44. The van der Waals surface area contributed by atoms with Crippen molar-refractivity contribution in [2.24, 2.45) is 0 Å². The fraction of sp³-hybridized carbons (Fsp3) is 0.300. The van der Waals surface area contributed by atoms with E-state index in [1.807, 2.05) is 44.4 Å². The molecule has 190 valence electrons. The molecule has 0 unspecified atom stereocenters. The van der Waals surface area contributed by atoms with Crippen LogP contribution in [0.4, 0.5) is 11.4 Å². The molecule has 0 fully saturated rings. The van der Waals surface area contributed by atoms with E-state index in [1.54, 1.807) is 14.2 Å². The third-order valence-corrected chi connectivity index (χ3v) is 7.56. The summed E-state index contributed by atoms with van der Waals surface area (Å²) in [4.78, 5) is 15.9. The molecule has 37 heavy (non-hydrogen) atoms. The Labute approximate surface area is 216 Å². The van der Waals surface area contributed by atoms with Gasteiger partial charge in [0, 0.05) is 55.1 Å². The van der Waals surface area contributed by atoms with Crippen LogP contribution in [0.15, 0.2) is 65.9 Å². The largest absolute Gasteiger partial charge is 0.493 e. The molecule has 0 bridgehead atoms. The van der Waals surface area contributed by atoms with E-state index in [0.29, 0.717) is 23.7 Å². The second-order valence-corrected chi connectivity index (χ2v) is 9.87. The Morgan fingerprint density at radius 1 is 0.865 bits per heavy atom. The number of carbonyl (C=O) groups excluding carboxylic acids is 1. The molecule has 2 heterocycles. The molecule has 1 aliphatic carbocycles. The van der Waals surface area contributed by atoms with Gasteiger partial charge in [0.2, 0.25) is 6.79 Å². The number of allylic oxidation sites excluding steroid dienone is 2. The highest BCUT2D eigenvalue weighted by molar-refractivity contribution is 6.02. The third kappa shape index (κ3) is 3.95. The average molecular weight is 499 g/mol. The summed E-state index contributed by atoms with van der Waals surface area (Å²) >= 11 is 0. The molecule has 1 N–H and O–H groups in total. The number of Topliss-reactive ketones (excluding diaryl/α,β-unsaturated/α-hetero) is 1. The van der Waals surface area contributed by atoms with E-state index >= 15 is 0 Å². The number of nitrogens with one attached hydrogen (secondary N) is 1. The number of fused-ring (bicyclic) bond motifs is 2. The number of hydrogen-bond donors (Lipinski definition) is 1. The lowest BCUT2D eigenvalue weighted by molar-refractivity contribution is -0.116. The van der Waals surface area contributed by atoms with Crippen molar-refractivity contribution in [1.29, 1.82) is 0 Å². The zero-order valence-electron chi connectivity index (χ0n) is 21.5. The molecule has 2 aliphatic heterocycles. The van der Waals surface area contributed by atoms with Gasteiger partial charge in [-0.3, -0.25) is 4.79 Å². The van der Waals surface area contributed by atoms with Gasteiger partial charge in [0.05, 0.1) is 14.2 Å². The summed E-state index contributed by atoms with van der Waals surface area (Å²) in [5.41, 5.74) is 7.02. The molecule has 3 aromatic rings. The maximum absolute atomic E-state index is 13.9. The Morgan fingerprint density at radius 2 is 1.57 bits per heavy atom. The van der Waals surface area contributed by atoms with Gasteiger partial charge < -0.3 is 29.2 Å². The number of ether oxygens (including phenoxy) is 4. The normalized spacial score (nSPS) is 19.6. The summed E-state index contributed by atoms with van der Waals surface area (Å²) in [6.07, 6.45) is 1.15. The first kappa shape index (κ1) is 23.3. The Kier molecular flexibility index (Phi) is 5.71. The quantitative estimate of drug-likeness (QED) is 0.501. The molecular formula is C30H30N2O5. The molecule has 0 saturated carbocycles. The van der Waals surface area contributed by atoms with Crippen LogP contribution in [0.1, 0.15) is 41.4 Å². The zero-order chi connectivity index (χ0) is 25.7. The van der Waals surface area contributed by atoms with E-state index in [1.165, 1.54) is 0 Å². The topological polar surface area (TPSA) is 69.3 Å². The number of methoxy groups -OCH3 is 2. The van der Waals surface area contributed by atoms with Gasteiger partial charge >= 0.3 is 0 Å². The smallest absolute Gasteiger partial charge is 0.231 e. The molecular weight excluding hydrogens is 468 g/mol. The van der Waals surface area contributed by atoms with Crippen LogP contribution in [0.5, 0.6) is 23.0 Å². The van der Waals surface area contributed by atoms with Crippen molar-refractivity contribution in [1.82, 2.24) is 0 Å². The van der Waals surface area contributed by atoms with E-state index in [-0.39, 0.29) is 24.4 Å². The molecule has 7 nitrogen and oxygen atoms in total. The second-order valence-electron chi connectivity index (χ2n) is 9.87. The lowest BCUT2D eigenvalue weighted by atomic mass is 9.72. The predicted octanol–water partition coefficient (Wildman–Crippen LogP) is 5.46. The first-order valence-corrected chi connectivity index (χ1v) is 12.4. The summed E-state index contributed by atoms with van der Waals surface area (Å²) in [7, 11) is 7.30. The summed E-state index contributed by atoms with van der Waals surface area (Å²) in [6, 6.07) is 18.4. The first-order valence-electron chi connectivity index (χ1n) is 12.4. The number of anilines is 2. The van der Waals surface area contributed by atoms with Crippen LogP contribution in [0.3, 0.4) is 0 Å². The summed E-state index contributed by atoms with van der Waals surface area (Å²) in [5.74, 6) is 2.78. The van der Waals surface area contributed by atoms with Gasteiger partial charge in [0.25, 0.3) is 0 Å². The van der Waals surface area contributed by atoms with Crippen LogP contribution in [-0.2, 0) is 4.79 Å². The third-order valence-electron chi connectivity index (χ3n) is 7.56. The molecule has 0 spiro atoms. The number of rotatable bonds is 5. The van der Waals surface area contributed by atoms with Crippen molar-refractivity contribution in [3.8, 4) is 23.0 Å². The highest BCUT2D eigenvalue weighted by atomic mass is 16.7. The van der Waals surface area contributed by atoms with Gasteiger partial charge in [-0.15, -0.1) is 0 Å². The van der Waals surface area contributed by atoms with Gasteiger partial charge in [-0.1, -0.05) is 18.2 Å². The van der Waals surface area contributed by atoms with Crippen LogP contribution in [0.25, 0.3) is 0 Å². The zero-order valence-corrected chi connectivity index (χ0v) is 21.5. The molecule has 7 heteroatoms. The maximum atomic E-state index is 13.9. The molecule has 0 saturated heterocycles. The van der Waals surface area contributed by atoms with Crippen molar-refractivity contribution >= 4 is 17.2 Å². The van der Waals surface area contributed by atoms with Gasteiger partial charge in [0.1, 0.15) is 0 Å². The summed E-state index contributed by atoms with van der Waals surface area (Å²) in [6.45, 7) is 0.202. The van der Waals surface area contributed by atoms with Crippen molar-refractivity contribution in [2.45, 2.75) is 24.7 Å². The number of benzene rings is 3. The molecule has 0 amide bonds. The van der Waals surface area contributed by atoms with Crippen molar-refractivity contribution in [2.75, 3.05) is 45.3 Å². The molecule has 0 radical (unpaired) electrons. The van der Waals surface area contributed by atoms with Crippen LogP contribution in [0.2, 0.25) is 0 Å². The SMILES string of the molecule is COc1ccc([C@H]2CC(=O)C3=C(C2)Nc2cc4c(cc2[C@@H]3c2ccc(N(C)C)cc2)OCO4)cc1OC. The standard InChI is InChI=1S/C30H30N2O5/c1-32(2)20-8-5-17(6-9-20)29-21-14-27-28(37-16-36-27)15-22(21)31-23-11-19(12-24(33)30(23)29)18-7-10-25(34-3)26(13-18)35-4/h5-10,13-15,19,29,31H,11-12,16H2,1-4H3/t19-,29+/m1/s1. The number of carbonyl (C=O) groups is 1. The van der Waals surface area contributed by atoms with Crippen molar-refractivity contribution < 1.29 is 23.7 Å². The van der Waals surface area contributed by atoms with Crippen LogP contribution < -0.4 is 29.2 Å². The molecule has 3 aliphatic rings. The maximum Gasteiger partial charge on any atom is 0.231 e. The van der Waals surface area contributed by atoms with Crippen LogP contribution in [-0.4, -0.2) is 40.9 Å². The van der Waals surface area contributed by atoms with Gasteiger partial charge in [-0.2, -0.15) is 0 Å². The van der Waals surface area contributed by atoms with Gasteiger partial charge in [0.15, 0.2) is 28.8 Å². The van der Waals surface area contributed by atoms with Crippen LogP contribution in [0, 0.1) is 0 Å². The number of ketones is 1. The second kappa shape index (κ2) is 9.07. The minimum Gasteiger partial charge on any atom is -0.493 e. The molecule has 3 aromatic carbocycles. The van der Waals surface area contributed by atoms with Gasteiger partial charge in [-0.05, 0) is 59.4 Å². The highest BCUT2D eigenvalue weighted by Crippen LogP contribution is 2.51. The molecule has 6 rings (SSSR count). The average Bonchev–Trinajstić information content (AvgIpc) is 3.37. The van der Waals surface area contributed by atoms with Gasteiger partial charge in [-0.25, -0.2) is 0 Å². The highest BCUT2D eigenvalue weighted by Gasteiger charge is 2.39. The van der Waals surface area contributed by atoms with E-state index in [0.717, 1.165) is 51.5 Å². The fourth-order valence-electron chi connectivity index (χ4n) is 5.66. The van der Waals surface area contributed by atoms with E-state index in [2.05, 4.69) is 34.5 Å². The number of nitrogens with zero attached hydrogens (tertiary/aromatic N) is 1. The van der Waals surface area contributed by atoms with E-state index in [4.69, 9.17) is 18.9 Å². The first-order chi connectivity index (χ1) is 18.0. The Bertz CT molecular complexity index is 1410. The van der Waals surface area contributed by atoms with Crippen molar-refractivity contribution in [3.63, 3.8) is 0 Å². The van der Waals surface area contributed by atoms with Crippen LogP contribution >= 0.6 is 0 Å². The lowest BCUT2D eigenvalue weighted by Gasteiger charge is -2.37. The monoisotopic (exact) mass is 498 g/mol. The Hall–Kier alpha value is -4.13. The predicted molar refractivity (Wildman–Crippen MR) is 142 cm³/mol. The summed E-state index contributed by atoms with van der Waals surface area (Å²) < 4.78 is 22.3. The molecule has 2 atom stereocenters. The summed E-state index contributed by atoms with van der Waals surface area (Å²) in [5, 5.41) is 3.60. The lowest BCUT2D eigenvalue weighted by Crippen LogP contribution is -2.29. The number of hydrogen-bond acceptors (Lipinski definition) is 7. The van der Waals surface area contributed by atoms with E-state index in [9.17, 15) is 4.79 Å². The van der Waals surface area contributed by atoms with Crippen molar-refractivity contribution in [3.05, 3.63) is 82.6 Å².